The second-order valence-electron chi connectivity index (χ2n) is 6.30. The summed E-state index contributed by atoms with van der Waals surface area (Å²) in [5.41, 5.74) is 2.65. The molecule has 1 amide bonds. The van der Waals surface area contributed by atoms with E-state index in [9.17, 15) is 4.79 Å². The van der Waals surface area contributed by atoms with Gasteiger partial charge in [-0.15, -0.1) is 0 Å². The predicted molar refractivity (Wildman–Crippen MR) is 98.0 cm³/mol. The van der Waals surface area contributed by atoms with Crippen molar-refractivity contribution in [3.63, 3.8) is 0 Å². The number of amides is 1. The Morgan fingerprint density at radius 3 is 2.46 bits per heavy atom. The fraction of sp³-hybridized carbons (Fsp3) is 0.350. The minimum atomic E-state index is -0.111. The molecule has 4 nitrogen and oxygen atoms in total. The van der Waals surface area contributed by atoms with Gasteiger partial charge in [-0.3, -0.25) is 4.79 Å². The van der Waals surface area contributed by atoms with Crippen LogP contribution in [0.5, 0.6) is 5.75 Å². The topological polar surface area (TPSA) is 41.6 Å². The van der Waals surface area contributed by atoms with E-state index in [1.165, 1.54) is 12.1 Å². The molecule has 1 N–H and O–H groups in total. The molecule has 1 aliphatic rings. The SMILES string of the molecule is CCOc1ccc(C(=O)Nc2ccc(N3CCC(C)C3)cc2)cc1. The third kappa shape index (κ3) is 3.88. The summed E-state index contributed by atoms with van der Waals surface area (Å²) < 4.78 is 5.39. The number of rotatable bonds is 5. The lowest BCUT2D eigenvalue weighted by atomic mass is 10.2. The fourth-order valence-corrected chi connectivity index (χ4v) is 3.00. The van der Waals surface area contributed by atoms with Crippen LogP contribution < -0.4 is 15.0 Å². The van der Waals surface area contributed by atoms with Crippen LogP contribution >= 0.6 is 0 Å². The predicted octanol–water partition coefficient (Wildman–Crippen LogP) is 4.18. The van der Waals surface area contributed by atoms with Crippen molar-refractivity contribution < 1.29 is 9.53 Å². The van der Waals surface area contributed by atoms with E-state index in [0.29, 0.717) is 12.2 Å². The molecule has 0 aromatic heterocycles. The van der Waals surface area contributed by atoms with Crippen LogP contribution in [0.25, 0.3) is 0 Å². The number of ether oxygens (including phenoxy) is 1. The molecular weight excluding hydrogens is 300 g/mol. The summed E-state index contributed by atoms with van der Waals surface area (Å²) in [5.74, 6) is 1.42. The Hall–Kier alpha value is -2.49. The highest BCUT2D eigenvalue weighted by Crippen LogP contribution is 2.25. The molecule has 0 bridgehead atoms. The zero-order valence-electron chi connectivity index (χ0n) is 14.3. The minimum absolute atomic E-state index is 0.111. The largest absolute Gasteiger partial charge is 0.494 e. The Morgan fingerprint density at radius 1 is 1.17 bits per heavy atom. The van der Waals surface area contributed by atoms with E-state index < -0.39 is 0 Å². The Labute approximate surface area is 143 Å². The van der Waals surface area contributed by atoms with E-state index in [1.54, 1.807) is 12.1 Å². The lowest BCUT2D eigenvalue weighted by molar-refractivity contribution is 0.102. The van der Waals surface area contributed by atoms with Crippen LogP contribution in [-0.2, 0) is 0 Å². The summed E-state index contributed by atoms with van der Waals surface area (Å²) in [6, 6.07) is 15.3. The molecule has 1 atom stereocenters. The van der Waals surface area contributed by atoms with Gasteiger partial charge in [-0.1, -0.05) is 6.92 Å². The Balaban J connectivity index is 1.61. The number of hydrogen-bond donors (Lipinski definition) is 1. The highest BCUT2D eigenvalue weighted by Gasteiger charge is 2.18. The van der Waals surface area contributed by atoms with Gasteiger partial charge in [-0.05, 0) is 67.8 Å². The summed E-state index contributed by atoms with van der Waals surface area (Å²) in [6.07, 6.45) is 1.25. The second kappa shape index (κ2) is 7.39. The Morgan fingerprint density at radius 2 is 1.88 bits per heavy atom. The summed E-state index contributed by atoms with van der Waals surface area (Å²) in [4.78, 5) is 14.7. The van der Waals surface area contributed by atoms with Gasteiger partial charge in [0.2, 0.25) is 0 Å². The fourth-order valence-electron chi connectivity index (χ4n) is 3.00. The van der Waals surface area contributed by atoms with E-state index in [1.807, 2.05) is 31.2 Å². The second-order valence-corrected chi connectivity index (χ2v) is 6.30. The lowest BCUT2D eigenvalue weighted by Crippen LogP contribution is -2.19. The highest BCUT2D eigenvalue weighted by atomic mass is 16.5. The first kappa shape index (κ1) is 16.4. The van der Waals surface area contributed by atoms with E-state index in [4.69, 9.17) is 4.74 Å². The summed E-state index contributed by atoms with van der Waals surface area (Å²) in [5, 5.41) is 2.94. The van der Waals surface area contributed by atoms with Crippen LogP contribution in [0, 0.1) is 5.92 Å². The van der Waals surface area contributed by atoms with Crippen molar-refractivity contribution in [2.24, 2.45) is 5.92 Å². The van der Waals surface area contributed by atoms with Crippen LogP contribution in [0.4, 0.5) is 11.4 Å². The maximum Gasteiger partial charge on any atom is 0.255 e. The summed E-state index contributed by atoms with van der Waals surface area (Å²) in [6.45, 7) is 7.06. The van der Waals surface area contributed by atoms with Crippen molar-refractivity contribution in [2.45, 2.75) is 20.3 Å². The number of benzene rings is 2. The monoisotopic (exact) mass is 324 g/mol. The van der Waals surface area contributed by atoms with E-state index in [2.05, 4.69) is 29.3 Å². The molecule has 3 rings (SSSR count). The molecule has 126 valence electrons. The average molecular weight is 324 g/mol. The maximum absolute atomic E-state index is 12.3. The quantitative estimate of drug-likeness (QED) is 0.897. The highest BCUT2D eigenvalue weighted by molar-refractivity contribution is 6.04. The normalized spacial score (nSPS) is 16.9. The van der Waals surface area contributed by atoms with E-state index in [0.717, 1.165) is 30.4 Å². The molecule has 0 saturated carbocycles. The molecule has 0 aliphatic carbocycles. The van der Waals surface area contributed by atoms with Gasteiger partial charge in [-0.25, -0.2) is 0 Å². The van der Waals surface area contributed by atoms with Gasteiger partial charge in [0.05, 0.1) is 6.61 Å². The number of nitrogens with zero attached hydrogens (tertiary/aromatic N) is 1. The van der Waals surface area contributed by atoms with Gasteiger partial charge < -0.3 is 15.0 Å². The number of carbonyl (C=O) groups is 1. The van der Waals surface area contributed by atoms with Crippen LogP contribution in [0.3, 0.4) is 0 Å². The third-order valence-electron chi connectivity index (χ3n) is 4.34. The minimum Gasteiger partial charge on any atom is -0.494 e. The molecule has 2 aromatic rings. The van der Waals surface area contributed by atoms with Crippen molar-refractivity contribution in [1.82, 2.24) is 0 Å². The van der Waals surface area contributed by atoms with Gasteiger partial charge in [0, 0.05) is 30.0 Å². The van der Waals surface area contributed by atoms with Crippen LogP contribution in [-0.4, -0.2) is 25.6 Å². The van der Waals surface area contributed by atoms with Crippen molar-refractivity contribution in [1.29, 1.82) is 0 Å². The number of hydrogen-bond acceptors (Lipinski definition) is 3. The Kier molecular flexibility index (Phi) is 5.04. The molecule has 1 unspecified atom stereocenters. The average Bonchev–Trinajstić information content (AvgIpc) is 3.03. The molecule has 1 aliphatic heterocycles. The van der Waals surface area contributed by atoms with E-state index >= 15 is 0 Å². The van der Waals surface area contributed by atoms with Crippen LogP contribution in [0.1, 0.15) is 30.6 Å². The van der Waals surface area contributed by atoms with Crippen LogP contribution in [0.2, 0.25) is 0 Å². The van der Waals surface area contributed by atoms with Crippen molar-refractivity contribution >= 4 is 17.3 Å². The van der Waals surface area contributed by atoms with E-state index in [-0.39, 0.29) is 5.91 Å². The van der Waals surface area contributed by atoms with Crippen molar-refractivity contribution in [3.05, 3.63) is 54.1 Å². The first-order valence-electron chi connectivity index (χ1n) is 8.55. The lowest BCUT2D eigenvalue weighted by Gasteiger charge is -2.18. The summed E-state index contributed by atoms with van der Waals surface area (Å²) in [7, 11) is 0. The van der Waals surface area contributed by atoms with Gasteiger partial charge in [0.1, 0.15) is 5.75 Å². The molecule has 24 heavy (non-hydrogen) atoms. The van der Waals surface area contributed by atoms with Gasteiger partial charge >= 0.3 is 0 Å². The van der Waals surface area contributed by atoms with Crippen molar-refractivity contribution in [3.8, 4) is 5.75 Å². The third-order valence-corrected chi connectivity index (χ3v) is 4.34. The zero-order valence-corrected chi connectivity index (χ0v) is 14.3. The van der Waals surface area contributed by atoms with Gasteiger partial charge in [-0.2, -0.15) is 0 Å². The molecule has 1 heterocycles. The van der Waals surface area contributed by atoms with Crippen LogP contribution in [0.15, 0.2) is 48.5 Å². The molecule has 1 saturated heterocycles. The molecular formula is C20H24N2O2. The maximum atomic E-state index is 12.3. The van der Waals surface area contributed by atoms with Gasteiger partial charge in [0.25, 0.3) is 5.91 Å². The number of anilines is 2. The number of carbonyl (C=O) groups excluding carboxylic acids is 1. The van der Waals surface area contributed by atoms with Gasteiger partial charge in [0.15, 0.2) is 0 Å². The Bertz CT molecular complexity index is 680. The number of nitrogens with one attached hydrogen (secondary N) is 1. The smallest absolute Gasteiger partial charge is 0.255 e. The first-order valence-corrected chi connectivity index (χ1v) is 8.55. The molecule has 0 radical (unpaired) electrons. The first-order chi connectivity index (χ1) is 11.7. The molecule has 0 spiro atoms. The standard InChI is InChI=1S/C20H24N2O2/c1-3-24-19-10-4-16(5-11-19)20(23)21-17-6-8-18(9-7-17)22-13-12-15(2)14-22/h4-11,15H,3,12-14H2,1-2H3,(H,21,23). The van der Waals surface area contributed by atoms with Crippen molar-refractivity contribution in [2.75, 3.05) is 29.9 Å². The summed E-state index contributed by atoms with van der Waals surface area (Å²) >= 11 is 0. The molecule has 1 fully saturated rings. The zero-order chi connectivity index (χ0) is 16.9. The molecule has 4 heteroatoms. The molecule has 2 aromatic carbocycles.